The standard InChI is InChI=1S/C23H22BrNO3/c1-16-12-19(24)13-17(2)23(16)28-15-22(26)25-20-10-6-7-11-21(20)27-14-18-8-4-3-5-9-18/h3-13H,14-15H2,1-2H3,(H,25,26). The number of hydrogen-bond acceptors (Lipinski definition) is 3. The third-order valence-electron chi connectivity index (χ3n) is 4.17. The van der Waals surface area contributed by atoms with E-state index in [4.69, 9.17) is 9.47 Å². The fourth-order valence-electron chi connectivity index (χ4n) is 2.88. The van der Waals surface area contributed by atoms with Crippen LogP contribution >= 0.6 is 15.9 Å². The maximum absolute atomic E-state index is 12.4. The molecule has 0 spiro atoms. The monoisotopic (exact) mass is 439 g/mol. The van der Waals surface area contributed by atoms with E-state index in [0.29, 0.717) is 18.0 Å². The summed E-state index contributed by atoms with van der Waals surface area (Å²) in [5.74, 6) is 1.11. The lowest BCUT2D eigenvalue weighted by molar-refractivity contribution is -0.118. The smallest absolute Gasteiger partial charge is 0.262 e. The van der Waals surface area contributed by atoms with Gasteiger partial charge in [0.2, 0.25) is 0 Å². The van der Waals surface area contributed by atoms with Crippen LogP contribution in [0.15, 0.2) is 71.2 Å². The largest absolute Gasteiger partial charge is 0.487 e. The van der Waals surface area contributed by atoms with Gasteiger partial charge in [-0.15, -0.1) is 0 Å². The topological polar surface area (TPSA) is 47.6 Å². The maximum atomic E-state index is 12.4. The number of carbonyl (C=O) groups is 1. The second kappa shape index (κ2) is 9.42. The van der Waals surface area contributed by atoms with Crippen molar-refractivity contribution in [3.05, 3.63) is 87.9 Å². The van der Waals surface area contributed by atoms with Crippen molar-refractivity contribution in [2.24, 2.45) is 0 Å². The van der Waals surface area contributed by atoms with E-state index in [1.165, 1.54) is 0 Å². The SMILES string of the molecule is Cc1cc(Br)cc(C)c1OCC(=O)Nc1ccccc1OCc1ccccc1. The predicted octanol–water partition coefficient (Wildman–Crippen LogP) is 5.66. The molecule has 0 fully saturated rings. The quantitative estimate of drug-likeness (QED) is 0.516. The highest BCUT2D eigenvalue weighted by atomic mass is 79.9. The molecule has 28 heavy (non-hydrogen) atoms. The molecule has 0 saturated heterocycles. The molecule has 144 valence electrons. The Morgan fingerprint density at radius 1 is 0.929 bits per heavy atom. The first-order valence-electron chi connectivity index (χ1n) is 8.98. The van der Waals surface area contributed by atoms with E-state index in [2.05, 4.69) is 21.2 Å². The summed E-state index contributed by atoms with van der Waals surface area (Å²) in [6.45, 7) is 4.27. The predicted molar refractivity (Wildman–Crippen MR) is 115 cm³/mol. The van der Waals surface area contributed by atoms with Crippen molar-refractivity contribution >= 4 is 27.5 Å². The lowest BCUT2D eigenvalue weighted by Gasteiger charge is -2.14. The first-order chi connectivity index (χ1) is 13.5. The molecule has 1 N–H and O–H groups in total. The molecular formula is C23H22BrNO3. The van der Waals surface area contributed by atoms with Crippen LogP contribution in [0.25, 0.3) is 0 Å². The van der Waals surface area contributed by atoms with Gasteiger partial charge in [-0.25, -0.2) is 0 Å². The maximum Gasteiger partial charge on any atom is 0.262 e. The Labute approximate surface area is 173 Å². The van der Waals surface area contributed by atoms with Crippen LogP contribution in [0.4, 0.5) is 5.69 Å². The minimum atomic E-state index is -0.238. The summed E-state index contributed by atoms with van der Waals surface area (Å²) in [6, 6.07) is 21.2. The lowest BCUT2D eigenvalue weighted by atomic mass is 10.1. The number of benzene rings is 3. The van der Waals surface area contributed by atoms with E-state index in [0.717, 1.165) is 26.9 Å². The van der Waals surface area contributed by atoms with Crippen molar-refractivity contribution in [3.8, 4) is 11.5 Å². The average Bonchev–Trinajstić information content (AvgIpc) is 2.67. The number of ether oxygens (including phenoxy) is 2. The first kappa shape index (κ1) is 20.0. The Morgan fingerprint density at radius 3 is 2.29 bits per heavy atom. The Bertz CT molecular complexity index is 934. The van der Waals surface area contributed by atoms with E-state index in [1.54, 1.807) is 0 Å². The molecule has 3 rings (SSSR count). The third kappa shape index (κ3) is 5.36. The summed E-state index contributed by atoms with van der Waals surface area (Å²) in [4.78, 5) is 12.4. The summed E-state index contributed by atoms with van der Waals surface area (Å²) in [6.07, 6.45) is 0. The number of carbonyl (C=O) groups excluding carboxylic acids is 1. The van der Waals surface area contributed by atoms with Gasteiger partial charge in [-0.1, -0.05) is 58.4 Å². The molecule has 3 aromatic rings. The van der Waals surface area contributed by atoms with Crippen LogP contribution in [-0.4, -0.2) is 12.5 Å². The van der Waals surface area contributed by atoms with E-state index < -0.39 is 0 Å². The molecule has 0 aliphatic carbocycles. The van der Waals surface area contributed by atoms with Crippen LogP contribution in [0.2, 0.25) is 0 Å². The minimum absolute atomic E-state index is 0.0731. The number of anilines is 1. The van der Waals surface area contributed by atoms with Gasteiger partial charge in [0.15, 0.2) is 6.61 Å². The molecule has 0 aliphatic rings. The molecule has 0 heterocycles. The number of halogens is 1. The molecule has 0 bridgehead atoms. The van der Waals surface area contributed by atoms with Gasteiger partial charge in [-0.05, 0) is 54.8 Å². The van der Waals surface area contributed by atoms with Gasteiger partial charge >= 0.3 is 0 Å². The minimum Gasteiger partial charge on any atom is -0.487 e. The average molecular weight is 440 g/mol. The third-order valence-corrected chi connectivity index (χ3v) is 4.63. The summed E-state index contributed by atoms with van der Waals surface area (Å²) in [7, 11) is 0. The van der Waals surface area contributed by atoms with Crippen molar-refractivity contribution in [1.29, 1.82) is 0 Å². The van der Waals surface area contributed by atoms with Crippen molar-refractivity contribution in [1.82, 2.24) is 0 Å². The Balaban J connectivity index is 1.61. The van der Waals surface area contributed by atoms with Crippen LogP contribution in [-0.2, 0) is 11.4 Å². The zero-order valence-corrected chi connectivity index (χ0v) is 17.5. The number of aryl methyl sites for hydroxylation is 2. The van der Waals surface area contributed by atoms with Crippen LogP contribution in [0.1, 0.15) is 16.7 Å². The molecule has 0 aliphatic heterocycles. The number of nitrogens with one attached hydrogen (secondary N) is 1. The highest BCUT2D eigenvalue weighted by Gasteiger charge is 2.11. The molecule has 0 radical (unpaired) electrons. The van der Waals surface area contributed by atoms with Crippen molar-refractivity contribution in [2.45, 2.75) is 20.5 Å². The van der Waals surface area contributed by atoms with Gasteiger partial charge in [0.25, 0.3) is 5.91 Å². The van der Waals surface area contributed by atoms with Gasteiger partial charge in [-0.3, -0.25) is 4.79 Å². The van der Waals surface area contributed by atoms with Gasteiger partial charge in [0.1, 0.15) is 18.1 Å². The number of para-hydroxylation sites is 2. The Hall–Kier alpha value is -2.79. The summed E-state index contributed by atoms with van der Waals surface area (Å²) >= 11 is 3.46. The zero-order chi connectivity index (χ0) is 19.9. The summed E-state index contributed by atoms with van der Waals surface area (Å²) in [5.41, 5.74) is 3.64. The molecular weight excluding hydrogens is 418 g/mol. The Morgan fingerprint density at radius 2 is 1.57 bits per heavy atom. The van der Waals surface area contributed by atoms with Crippen LogP contribution in [0.3, 0.4) is 0 Å². The fourth-order valence-corrected chi connectivity index (χ4v) is 3.57. The van der Waals surface area contributed by atoms with Gasteiger partial charge in [0, 0.05) is 4.47 Å². The Kier molecular flexibility index (Phi) is 6.71. The number of amides is 1. The van der Waals surface area contributed by atoms with Crippen molar-refractivity contribution in [2.75, 3.05) is 11.9 Å². The highest BCUT2D eigenvalue weighted by Crippen LogP contribution is 2.28. The molecule has 5 heteroatoms. The molecule has 1 amide bonds. The molecule has 3 aromatic carbocycles. The van der Waals surface area contributed by atoms with Gasteiger partial charge in [-0.2, -0.15) is 0 Å². The summed E-state index contributed by atoms with van der Waals surface area (Å²) < 4.78 is 12.6. The molecule has 0 atom stereocenters. The first-order valence-corrected chi connectivity index (χ1v) is 9.77. The molecule has 4 nitrogen and oxygen atoms in total. The number of rotatable bonds is 7. The highest BCUT2D eigenvalue weighted by molar-refractivity contribution is 9.10. The second-order valence-corrected chi connectivity index (χ2v) is 7.39. The van der Waals surface area contributed by atoms with Crippen LogP contribution in [0.5, 0.6) is 11.5 Å². The van der Waals surface area contributed by atoms with Gasteiger partial charge in [0.05, 0.1) is 5.69 Å². The van der Waals surface area contributed by atoms with Gasteiger partial charge < -0.3 is 14.8 Å². The van der Waals surface area contributed by atoms with Crippen LogP contribution in [0, 0.1) is 13.8 Å². The van der Waals surface area contributed by atoms with Crippen molar-refractivity contribution < 1.29 is 14.3 Å². The zero-order valence-electron chi connectivity index (χ0n) is 15.9. The lowest BCUT2D eigenvalue weighted by Crippen LogP contribution is -2.21. The van der Waals surface area contributed by atoms with Crippen molar-refractivity contribution in [3.63, 3.8) is 0 Å². The van der Waals surface area contributed by atoms with E-state index in [9.17, 15) is 4.79 Å². The van der Waals surface area contributed by atoms with E-state index in [1.807, 2.05) is 80.6 Å². The molecule has 0 aromatic heterocycles. The molecule has 0 saturated carbocycles. The van der Waals surface area contributed by atoms with E-state index in [-0.39, 0.29) is 12.5 Å². The normalized spacial score (nSPS) is 10.4. The fraction of sp³-hybridized carbons (Fsp3) is 0.174. The number of hydrogen-bond donors (Lipinski definition) is 1. The van der Waals surface area contributed by atoms with Crippen LogP contribution < -0.4 is 14.8 Å². The summed E-state index contributed by atoms with van der Waals surface area (Å²) in [5, 5.41) is 2.87. The van der Waals surface area contributed by atoms with E-state index >= 15 is 0 Å². The second-order valence-electron chi connectivity index (χ2n) is 6.48. The molecule has 0 unspecified atom stereocenters.